The van der Waals surface area contributed by atoms with Crippen LogP contribution in [0.3, 0.4) is 0 Å². The molecule has 0 aliphatic rings. The quantitative estimate of drug-likeness (QED) is 0.609. The fourth-order valence-corrected chi connectivity index (χ4v) is 3.36. The number of nitrogens with one attached hydrogen (secondary N) is 1. The van der Waals surface area contributed by atoms with Gasteiger partial charge in [0.1, 0.15) is 11.9 Å². The maximum Gasteiger partial charge on any atom is 0.247 e. The first-order valence-corrected chi connectivity index (χ1v) is 9.99. The minimum Gasteiger partial charge on any atom is -0.354 e. The lowest BCUT2D eigenvalue weighted by molar-refractivity contribution is -0.141. The summed E-state index contributed by atoms with van der Waals surface area (Å²) >= 11 is 0. The number of rotatable bonds is 8. The zero-order valence-electron chi connectivity index (χ0n) is 16.9. The summed E-state index contributed by atoms with van der Waals surface area (Å²) in [7, 11) is 0. The second kappa shape index (κ2) is 10.3. The zero-order valence-corrected chi connectivity index (χ0v) is 16.9. The van der Waals surface area contributed by atoms with E-state index in [9.17, 15) is 14.0 Å². The molecule has 30 heavy (non-hydrogen) atoms. The van der Waals surface area contributed by atoms with Crippen LogP contribution in [0.25, 0.3) is 0 Å². The summed E-state index contributed by atoms with van der Waals surface area (Å²) in [5, 5.41) is 2.85. The van der Waals surface area contributed by atoms with Crippen molar-refractivity contribution in [1.82, 2.24) is 10.2 Å². The normalized spacial score (nSPS) is 11.5. The maximum absolute atomic E-state index is 13.4. The van der Waals surface area contributed by atoms with E-state index < -0.39 is 6.04 Å². The molecule has 1 atom stereocenters. The van der Waals surface area contributed by atoms with Gasteiger partial charge in [-0.15, -0.1) is 0 Å². The van der Waals surface area contributed by atoms with Crippen LogP contribution in [-0.2, 0) is 22.6 Å². The van der Waals surface area contributed by atoms with E-state index in [0.717, 1.165) is 16.7 Å². The first-order valence-electron chi connectivity index (χ1n) is 9.99. The van der Waals surface area contributed by atoms with Crippen LogP contribution in [0.4, 0.5) is 4.39 Å². The number of halogens is 1. The van der Waals surface area contributed by atoms with Gasteiger partial charge >= 0.3 is 0 Å². The van der Waals surface area contributed by atoms with Gasteiger partial charge in [-0.05, 0) is 35.7 Å². The molecule has 0 aliphatic carbocycles. The largest absolute Gasteiger partial charge is 0.354 e. The van der Waals surface area contributed by atoms with E-state index in [1.165, 1.54) is 12.1 Å². The van der Waals surface area contributed by atoms with Gasteiger partial charge in [-0.25, -0.2) is 4.39 Å². The average Bonchev–Trinajstić information content (AvgIpc) is 2.76. The molecule has 3 aromatic carbocycles. The van der Waals surface area contributed by atoms with Gasteiger partial charge in [-0.1, -0.05) is 72.8 Å². The summed E-state index contributed by atoms with van der Waals surface area (Å²) in [6, 6.07) is 23.9. The first kappa shape index (κ1) is 21.2. The van der Waals surface area contributed by atoms with Gasteiger partial charge in [0, 0.05) is 13.1 Å². The van der Waals surface area contributed by atoms with Crippen LogP contribution in [0.2, 0.25) is 0 Å². The summed E-state index contributed by atoms with van der Waals surface area (Å²) in [4.78, 5) is 28.0. The molecule has 154 valence electrons. The highest BCUT2D eigenvalue weighted by Gasteiger charge is 2.31. The third-order valence-electron chi connectivity index (χ3n) is 4.81. The van der Waals surface area contributed by atoms with Crippen molar-refractivity contribution in [2.75, 3.05) is 6.54 Å². The Balaban J connectivity index is 1.98. The van der Waals surface area contributed by atoms with Gasteiger partial charge in [0.15, 0.2) is 0 Å². The van der Waals surface area contributed by atoms with E-state index in [1.807, 2.05) is 67.6 Å². The van der Waals surface area contributed by atoms with Crippen molar-refractivity contribution >= 4 is 11.8 Å². The SMILES string of the molecule is CCNC(=O)C(c1ccccc1)N(Cc1ccc(F)cc1)C(=O)Cc1ccccc1. The fourth-order valence-electron chi connectivity index (χ4n) is 3.36. The maximum atomic E-state index is 13.4. The third-order valence-corrected chi connectivity index (χ3v) is 4.81. The molecular formula is C25H25FN2O2. The molecule has 1 unspecified atom stereocenters. The fraction of sp³-hybridized carbons (Fsp3) is 0.200. The molecule has 0 aromatic heterocycles. The van der Waals surface area contributed by atoms with Crippen molar-refractivity contribution in [2.45, 2.75) is 25.9 Å². The van der Waals surface area contributed by atoms with E-state index in [1.54, 1.807) is 17.0 Å². The number of nitrogens with zero attached hydrogens (tertiary/aromatic N) is 1. The molecular weight excluding hydrogens is 379 g/mol. The Kier molecular flexibility index (Phi) is 7.33. The second-order valence-electron chi connectivity index (χ2n) is 7.02. The molecule has 0 saturated carbocycles. The van der Waals surface area contributed by atoms with Gasteiger partial charge in [0.25, 0.3) is 0 Å². The lowest BCUT2D eigenvalue weighted by Crippen LogP contribution is -2.44. The summed E-state index contributed by atoms with van der Waals surface area (Å²) < 4.78 is 13.4. The summed E-state index contributed by atoms with van der Waals surface area (Å²) in [5.74, 6) is -0.762. The minimum atomic E-state index is -0.785. The Morgan fingerprint density at radius 3 is 2.07 bits per heavy atom. The van der Waals surface area contributed by atoms with E-state index in [-0.39, 0.29) is 30.6 Å². The van der Waals surface area contributed by atoms with Crippen LogP contribution >= 0.6 is 0 Å². The molecule has 4 nitrogen and oxygen atoms in total. The summed E-state index contributed by atoms with van der Waals surface area (Å²) in [6.45, 7) is 2.50. The predicted molar refractivity (Wildman–Crippen MR) is 115 cm³/mol. The van der Waals surface area contributed by atoms with Crippen LogP contribution in [0.5, 0.6) is 0 Å². The van der Waals surface area contributed by atoms with E-state index >= 15 is 0 Å². The standard InChI is InChI=1S/C25H25FN2O2/c1-2-27-25(30)24(21-11-7-4-8-12-21)28(18-20-13-15-22(26)16-14-20)23(29)17-19-9-5-3-6-10-19/h3-16,24H,2,17-18H2,1H3,(H,27,30). The van der Waals surface area contributed by atoms with E-state index in [2.05, 4.69) is 5.32 Å². The van der Waals surface area contributed by atoms with Crippen LogP contribution in [-0.4, -0.2) is 23.3 Å². The molecule has 0 spiro atoms. The Labute approximate surface area is 176 Å². The molecule has 0 fully saturated rings. The van der Waals surface area contributed by atoms with E-state index in [0.29, 0.717) is 6.54 Å². The molecule has 0 radical (unpaired) electrons. The van der Waals surface area contributed by atoms with Gasteiger partial charge in [0.2, 0.25) is 11.8 Å². The van der Waals surface area contributed by atoms with Gasteiger partial charge in [-0.2, -0.15) is 0 Å². The van der Waals surface area contributed by atoms with Crippen LogP contribution in [0.15, 0.2) is 84.9 Å². The highest BCUT2D eigenvalue weighted by atomic mass is 19.1. The van der Waals surface area contributed by atoms with Gasteiger partial charge < -0.3 is 10.2 Å². The number of carbonyl (C=O) groups is 2. The van der Waals surface area contributed by atoms with Crippen LogP contribution < -0.4 is 5.32 Å². The molecule has 0 bridgehead atoms. The lowest BCUT2D eigenvalue weighted by Gasteiger charge is -2.31. The predicted octanol–water partition coefficient (Wildman–Crippen LogP) is 4.27. The number of hydrogen-bond donors (Lipinski definition) is 1. The number of amides is 2. The molecule has 3 aromatic rings. The summed E-state index contributed by atoms with van der Waals surface area (Å²) in [6.07, 6.45) is 0.171. The number of likely N-dealkylation sites (N-methyl/N-ethyl adjacent to an activating group) is 1. The van der Waals surface area contributed by atoms with E-state index in [4.69, 9.17) is 0 Å². The first-order chi connectivity index (χ1) is 14.6. The van der Waals surface area contributed by atoms with Gasteiger partial charge in [0.05, 0.1) is 6.42 Å². The molecule has 5 heteroatoms. The molecule has 2 amide bonds. The average molecular weight is 404 g/mol. The van der Waals surface area contributed by atoms with Crippen LogP contribution in [0.1, 0.15) is 29.7 Å². The highest BCUT2D eigenvalue weighted by molar-refractivity contribution is 5.89. The Bertz CT molecular complexity index is 959. The number of carbonyl (C=O) groups excluding carboxylic acids is 2. The highest BCUT2D eigenvalue weighted by Crippen LogP contribution is 2.25. The monoisotopic (exact) mass is 404 g/mol. The second-order valence-corrected chi connectivity index (χ2v) is 7.02. The Morgan fingerprint density at radius 2 is 1.47 bits per heavy atom. The minimum absolute atomic E-state index is 0.171. The Hall–Kier alpha value is -3.47. The van der Waals surface area contributed by atoms with Crippen molar-refractivity contribution in [2.24, 2.45) is 0 Å². The van der Waals surface area contributed by atoms with Crippen molar-refractivity contribution < 1.29 is 14.0 Å². The zero-order chi connectivity index (χ0) is 21.3. The van der Waals surface area contributed by atoms with Gasteiger partial charge in [-0.3, -0.25) is 9.59 Å². The smallest absolute Gasteiger partial charge is 0.247 e. The van der Waals surface area contributed by atoms with Crippen molar-refractivity contribution in [3.8, 4) is 0 Å². The van der Waals surface area contributed by atoms with Crippen molar-refractivity contribution in [1.29, 1.82) is 0 Å². The third kappa shape index (κ3) is 5.54. The van der Waals surface area contributed by atoms with Crippen LogP contribution in [0, 0.1) is 5.82 Å². The molecule has 0 heterocycles. The topological polar surface area (TPSA) is 49.4 Å². The molecule has 1 N–H and O–H groups in total. The summed E-state index contributed by atoms with van der Waals surface area (Å²) in [5.41, 5.74) is 2.35. The number of hydrogen-bond acceptors (Lipinski definition) is 2. The number of benzene rings is 3. The van der Waals surface area contributed by atoms with Crippen molar-refractivity contribution in [3.05, 3.63) is 107 Å². The molecule has 0 saturated heterocycles. The van der Waals surface area contributed by atoms with Crippen molar-refractivity contribution in [3.63, 3.8) is 0 Å². The molecule has 3 rings (SSSR count). The molecule has 0 aliphatic heterocycles. The Morgan fingerprint density at radius 1 is 0.867 bits per heavy atom. The lowest BCUT2D eigenvalue weighted by atomic mass is 10.0.